The molecule has 1 fully saturated rings. The number of methoxy groups -OCH3 is 1. The first kappa shape index (κ1) is 21.7. The van der Waals surface area contributed by atoms with Crippen molar-refractivity contribution in [1.82, 2.24) is 10.2 Å². The van der Waals surface area contributed by atoms with E-state index < -0.39 is 0 Å². The van der Waals surface area contributed by atoms with E-state index in [1.54, 1.807) is 18.4 Å². The maximum atomic E-state index is 12.4. The van der Waals surface area contributed by atoms with Gasteiger partial charge in [-0.05, 0) is 66.0 Å². The lowest BCUT2D eigenvalue weighted by Crippen LogP contribution is -2.39. The highest BCUT2D eigenvalue weighted by atomic mass is 35.5. The second kappa shape index (κ2) is 11.3. The summed E-state index contributed by atoms with van der Waals surface area (Å²) in [7, 11) is 1.65. The van der Waals surface area contributed by atoms with E-state index in [1.807, 2.05) is 24.3 Å². The SMILES string of the molecule is COc1ccc(CC(=O)NCC(c2ccsc2)N2CCCCCC2)cc1.Cl. The number of carbonyl (C=O) groups excluding carboxylic acids is 1. The molecule has 1 unspecified atom stereocenters. The van der Waals surface area contributed by atoms with Gasteiger partial charge in [0.1, 0.15) is 5.75 Å². The molecule has 1 amide bonds. The molecule has 1 aliphatic heterocycles. The molecule has 1 N–H and O–H groups in total. The van der Waals surface area contributed by atoms with Gasteiger partial charge in [-0.15, -0.1) is 12.4 Å². The molecule has 1 aromatic carbocycles. The molecule has 2 heterocycles. The van der Waals surface area contributed by atoms with Gasteiger partial charge in [0, 0.05) is 6.54 Å². The van der Waals surface area contributed by atoms with Gasteiger partial charge in [0.15, 0.2) is 0 Å². The van der Waals surface area contributed by atoms with Crippen LogP contribution in [0.25, 0.3) is 0 Å². The van der Waals surface area contributed by atoms with Crippen molar-refractivity contribution in [2.75, 3.05) is 26.7 Å². The summed E-state index contributed by atoms with van der Waals surface area (Å²) >= 11 is 1.73. The zero-order valence-electron chi connectivity index (χ0n) is 15.9. The predicted molar refractivity (Wildman–Crippen MR) is 114 cm³/mol. The van der Waals surface area contributed by atoms with Gasteiger partial charge in [0.2, 0.25) is 5.91 Å². The van der Waals surface area contributed by atoms with Crippen LogP contribution in [0, 0.1) is 0 Å². The molecule has 0 spiro atoms. The molecule has 0 saturated carbocycles. The number of amides is 1. The minimum absolute atomic E-state index is 0. The molecule has 1 aliphatic rings. The van der Waals surface area contributed by atoms with E-state index in [1.165, 1.54) is 31.2 Å². The van der Waals surface area contributed by atoms with Crippen LogP contribution in [0.15, 0.2) is 41.1 Å². The number of halogens is 1. The number of hydrogen-bond donors (Lipinski definition) is 1. The molecule has 1 aromatic heterocycles. The molecule has 6 heteroatoms. The van der Waals surface area contributed by atoms with Gasteiger partial charge < -0.3 is 10.1 Å². The van der Waals surface area contributed by atoms with Gasteiger partial charge >= 0.3 is 0 Å². The summed E-state index contributed by atoms with van der Waals surface area (Å²) in [6.45, 7) is 2.91. The van der Waals surface area contributed by atoms with Crippen LogP contribution >= 0.6 is 23.7 Å². The van der Waals surface area contributed by atoms with Crippen molar-refractivity contribution in [3.05, 3.63) is 52.2 Å². The summed E-state index contributed by atoms with van der Waals surface area (Å²) in [5.74, 6) is 0.887. The predicted octanol–water partition coefficient (Wildman–Crippen LogP) is 4.45. The number of nitrogens with one attached hydrogen (secondary N) is 1. The van der Waals surface area contributed by atoms with Crippen LogP contribution in [0.5, 0.6) is 5.75 Å². The molecule has 1 saturated heterocycles. The van der Waals surface area contributed by atoms with E-state index in [4.69, 9.17) is 4.74 Å². The second-order valence-electron chi connectivity index (χ2n) is 6.85. The number of likely N-dealkylation sites (tertiary alicyclic amines) is 1. The first-order valence-corrected chi connectivity index (χ1v) is 10.4. The number of ether oxygens (including phenoxy) is 1. The second-order valence-corrected chi connectivity index (χ2v) is 7.63. The van der Waals surface area contributed by atoms with Crippen molar-refractivity contribution in [3.63, 3.8) is 0 Å². The fraction of sp³-hybridized carbons (Fsp3) is 0.476. The average molecular weight is 409 g/mol. The summed E-state index contributed by atoms with van der Waals surface area (Å²) in [4.78, 5) is 15.0. The maximum Gasteiger partial charge on any atom is 0.224 e. The van der Waals surface area contributed by atoms with Crippen molar-refractivity contribution in [3.8, 4) is 5.75 Å². The Kier molecular flexibility index (Phi) is 9.11. The molecule has 148 valence electrons. The van der Waals surface area contributed by atoms with Crippen molar-refractivity contribution < 1.29 is 9.53 Å². The Hall–Kier alpha value is -1.56. The highest BCUT2D eigenvalue weighted by Crippen LogP contribution is 2.25. The molecule has 1 atom stereocenters. The molecule has 27 heavy (non-hydrogen) atoms. The van der Waals surface area contributed by atoms with Gasteiger partial charge in [-0.1, -0.05) is 25.0 Å². The monoisotopic (exact) mass is 408 g/mol. The summed E-state index contributed by atoms with van der Waals surface area (Å²) in [6.07, 6.45) is 5.54. The van der Waals surface area contributed by atoms with Crippen molar-refractivity contribution in [2.45, 2.75) is 38.1 Å². The Morgan fingerprint density at radius 2 is 1.85 bits per heavy atom. The molecule has 0 bridgehead atoms. The zero-order valence-corrected chi connectivity index (χ0v) is 17.5. The minimum Gasteiger partial charge on any atom is -0.497 e. The smallest absolute Gasteiger partial charge is 0.224 e. The summed E-state index contributed by atoms with van der Waals surface area (Å²) in [6, 6.07) is 10.2. The fourth-order valence-corrected chi connectivity index (χ4v) is 4.24. The Morgan fingerprint density at radius 1 is 1.15 bits per heavy atom. The van der Waals surface area contributed by atoms with E-state index in [0.717, 1.165) is 24.4 Å². The average Bonchev–Trinajstić information content (AvgIpc) is 3.05. The van der Waals surface area contributed by atoms with Crippen LogP contribution in [0.2, 0.25) is 0 Å². The number of carbonyl (C=O) groups is 1. The quantitative estimate of drug-likeness (QED) is 0.735. The molecule has 0 aliphatic carbocycles. The van der Waals surface area contributed by atoms with Gasteiger partial charge in [-0.2, -0.15) is 11.3 Å². The molecule has 3 rings (SSSR count). The van der Waals surface area contributed by atoms with E-state index in [0.29, 0.717) is 13.0 Å². The third kappa shape index (κ3) is 6.52. The summed E-state index contributed by atoms with van der Waals surface area (Å²) < 4.78 is 5.17. The first-order chi connectivity index (χ1) is 12.8. The standard InChI is InChI=1S/C21H28N2O2S.ClH/c1-25-19-8-6-17(7-9-19)14-21(24)22-15-20(18-10-13-26-16-18)23-11-4-2-3-5-12-23;/h6-10,13,16,20H,2-5,11-12,14-15H2,1H3,(H,22,24);1H. The molecular weight excluding hydrogens is 380 g/mol. The highest BCUT2D eigenvalue weighted by Gasteiger charge is 2.22. The molecule has 4 nitrogen and oxygen atoms in total. The molecule has 0 radical (unpaired) electrons. The lowest BCUT2D eigenvalue weighted by Gasteiger charge is -2.30. The lowest BCUT2D eigenvalue weighted by atomic mass is 10.1. The van der Waals surface area contributed by atoms with Crippen molar-refractivity contribution >= 4 is 29.7 Å². The number of nitrogens with zero attached hydrogens (tertiary/aromatic N) is 1. The zero-order chi connectivity index (χ0) is 18.2. The van der Waals surface area contributed by atoms with E-state index in [9.17, 15) is 4.79 Å². The Labute approximate surface area is 172 Å². The van der Waals surface area contributed by atoms with Gasteiger partial charge in [-0.25, -0.2) is 0 Å². The van der Waals surface area contributed by atoms with Crippen LogP contribution in [0.3, 0.4) is 0 Å². The van der Waals surface area contributed by atoms with E-state index in [2.05, 4.69) is 27.0 Å². The number of hydrogen-bond acceptors (Lipinski definition) is 4. The lowest BCUT2D eigenvalue weighted by molar-refractivity contribution is -0.120. The normalized spacial score (nSPS) is 16.0. The largest absolute Gasteiger partial charge is 0.497 e. The third-order valence-electron chi connectivity index (χ3n) is 5.03. The van der Waals surface area contributed by atoms with Crippen molar-refractivity contribution in [2.24, 2.45) is 0 Å². The highest BCUT2D eigenvalue weighted by molar-refractivity contribution is 7.07. The number of thiophene rings is 1. The number of benzene rings is 1. The van der Waals surface area contributed by atoms with Gasteiger partial charge in [-0.3, -0.25) is 9.69 Å². The third-order valence-corrected chi connectivity index (χ3v) is 5.73. The Morgan fingerprint density at radius 3 is 2.44 bits per heavy atom. The summed E-state index contributed by atoms with van der Waals surface area (Å²) in [5.41, 5.74) is 2.33. The van der Waals surface area contributed by atoms with E-state index in [-0.39, 0.29) is 24.4 Å². The minimum atomic E-state index is 0. The van der Waals surface area contributed by atoms with Crippen LogP contribution in [0.4, 0.5) is 0 Å². The van der Waals surface area contributed by atoms with Gasteiger partial charge in [0.05, 0.1) is 19.6 Å². The Balaban J connectivity index is 0.00000261. The van der Waals surface area contributed by atoms with E-state index >= 15 is 0 Å². The van der Waals surface area contributed by atoms with Crippen LogP contribution in [-0.2, 0) is 11.2 Å². The van der Waals surface area contributed by atoms with Crippen LogP contribution in [0.1, 0.15) is 42.9 Å². The van der Waals surface area contributed by atoms with Crippen LogP contribution < -0.4 is 10.1 Å². The summed E-state index contributed by atoms with van der Waals surface area (Å²) in [5, 5.41) is 7.50. The number of rotatable bonds is 7. The molecular formula is C21H29ClN2O2S. The van der Waals surface area contributed by atoms with Gasteiger partial charge in [0.25, 0.3) is 0 Å². The fourth-order valence-electron chi connectivity index (χ4n) is 3.53. The maximum absolute atomic E-state index is 12.4. The Bertz CT molecular complexity index is 668. The first-order valence-electron chi connectivity index (χ1n) is 9.42. The topological polar surface area (TPSA) is 41.6 Å². The molecule has 2 aromatic rings. The van der Waals surface area contributed by atoms with Crippen LogP contribution in [-0.4, -0.2) is 37.6 Å². The van der Waals surface area contributed by atoms with Crippen molar-refractivity contribution in [1.29, 1.82) is 0 Å².